The summed E-state index contributed by atoms with van der Waals surface area (Å²) >= 11 is 7.57. The van der Waals surface area contributed by atoms with Crippen LogP contribution in [0.1, 0.15) is 10.4 Å². The quantitative estimate of drug-likeness (QED) is 0.795. The Kier molecular flexibility index (Phi) is 5.23. The number of benzene rings is 1. The van der Waals surface area contributed by atoms with Gasteiger partial charge in [-0.15, -0.1) is 11.3 Å². The van der Waals surface area contributed by atoms with Crippen molar-refractivity contribution < 1.29 is 4.79 Å². The summed E-state index contributed by atoms with van der Waals surface area (Å²) in [6, 6.07) is 11.3. The number of likely N-dealkylation sites (N-methyl/N-ethyl adjacent to an activating group) is 1. The minimum atomic E-state index is -0.179. The maximum absolute atomic E-state index is 11.9. The van der Waals surface area contributed by atoms with Gasteiger partial charge in [0.25, 0.3) is 5.91 Å². The van der Waals surface area contributed by atoms with Crippen LogP contribution in [0.4, 0.5) is 0 Å². The van der Waals surface area contributed by atoms with Gasteiger partial charge in [0, 0.05) is 35.0 Å². The first kappa shape index (κ1) is 14.6. The molecular weight excluding hydrogens is 290 g/mol. The number of thiophene rings is 1. The molecule has 4 heteroatoms. The summed E-state index contributed by atoms with van der Waals surface area (Å²) in [5.41, 5.74) is 0.748. The molecule has 2 rings (SSSR count). The predicted octanol–water partition coefficient (Wildman–Crippen LogP) is 3.45. The zero-order valence-electron chi connectivity index (χ0n) is 11.1. The van der Waals surface area contributed by atoms with Crippen LogP contribution in [-0.2, 0) is 11.2 Å². The van der Waals surface area contributed by atoms with Crippen molar-refractivity contribution in [3.63, 3.8) is 0 Å². The molecule has 0 saturated heterocycles. The van der Waals surface area contributed by atoms with E-state index in [2.05, 4.69) is 17.9 Å². The van der Waals surface area contributed by atoms with Gasteiger partial charge < -0.3 is 4.90 Å². The average molecular weight is 304 g/mol. The lowest BCUT2D eigenvalue weighted by atomic mass is 10.2. The summed E-state index contributed by atoms with van der Waals surface area (Å²) in [7, 11) is 1.77. The normalized spacial score (nSPS) is 9.70. The molecule has 102 valence electrons. The topological polar surface area (TPSA) is 20.3 Å². The molecule has 0 spiro atoms. The van der Waals surface area contributed by atoms with E-state index in [0.29, 0.717) is 11.6 Å². The lowest BCUT2D eigenvalue weighted by Gasteiger charge is -2.12. The summed E-state index contributed by atoms with van der Waals surface area (Å²) in [5, 5.41) is 2.66. The maximum atomic E-state index is 11.9. The number of carbonyl (C=O) groups excluding carboxylic acids is 1. The zero-order valence-corrected chi connectivity index (χ0v) is 12.7. The SMILES string of the molecule is CN(CCc1cccs1)C(=O)C#Cc1cccc(Cl)c1. The summed E-state index contributed by atoms with van der Waals surface area (Å²) in [6.07, 6.45) is 0.860. The smallest absolute Gasteiger partial charge is 0.298 e. The largest absolute Gasteiger partial charge is 0.335 e. The Hall–Kier alpha value is -1.76. The fourth-order valence-electron chi connectivity index (χ4n) is 1.62. The summed E-state index contributed by atoms with van der Waals surface area (Å²) < 4.78 is 0. The van der Waals surface area contributed by atoms with E-state index in [9.17, 15) is 4.79 Å². The minimum absolute atomic E-state index is 0.179. The van der Waals surface area contributed by atoms with Crippen molar-refractivity contribution in [2.24, 2.45) is 0 Å². The number of amides is 1. The second-order valence-corrected chi connectivity index (χ2v) is 5.79. The predicted molar refractivity (Wildman–Crippen MR) is 84.0 cm³/mol. The highest BCUT2D eigenvalue weighted by Gasteiger charge is 2.05. The Labute approximate surface area is 128 Å². The maximum Gasteiger partial charge on any atom is 0.298 e. The summed E-state index contributed by atoms with van der Waals surface area (Å²) in [5.74, 6) is 5.29. The second kappa shape index (κ2) is 7.14. The lowest BCUT2D eigenvalue weighted by molar-refractivity contribution is -0.123. The fraction of sp³-hybridized carbons (Fsp3) is 0.188. The molecule has 2 nitrogen and oxygen atoms in total. The first-order valence-corrected chi connectivity index (χ1v) is 7.46. The number of rotatable bonds is 3. The summed E-state index contributed by atoms with van der Waals surface area (Å²) in [6.45, 7) is 0.670. The van der Waals surface area contributed by atoms with Crippen molar-refractivity contribution in [2.45, 2.75) is 6.42 Å². The van der Waals surface area contributed by atoms with E-state index in [1.54, 1.807) is 35.4 Å². The molecule has 0 N–H and O–H groups in total. The van der Waals surface area contributed by atoms with E-state index < -0.39 is 0 Å². The van der Waals surface area contributed by atoms with Crippen LogP contribution < -0.4 is 0 Å². The number of nitrogens with zero attached hydrogens (tertiary/aromatic N) is 1. The van der Waals surface area contributed by atoms with Crippen molar-refractivity contribution in [1.82, 2.24) is 4.90 Å². The monoisotopic (exact) mass is 303 g/mol. The van der Waals surface area contributed by atoms with Crippen LogP contribution in [0.3, 0.4) is 0 Å². The van der Waals surface area contributed by atoms with Gasteiger partial charge in [0.2, 0.25) is 0 Å². The highest BCUT2D eigenvalue weighted by Crippen LogP contribution is 2.10. The van der Waals surface area contributed by atoms with Crippen molar-refractivity contribution in [2.75, 3.05) is 13.6 Å². The lowest BCUT2D eigenvalue weighted by Crippen LogP contribution is -2.27. The minimum Gasteiger partial charge on any atom is -0.335 e. The molecule has 0 atom stereocenters. The third-order valence-electron chi connectivity index (χ3n) is 2.76. The van der Waals surface area contributed by atoms with Gasteiger partial charge in [-0.2, -0.15) is 0 Å². The number of carbonyl (C=O) groups is 1. The molecule has 0 aliphatic heterocycles. The Morgan fingerprint density at radius 3 is 2.90 bits per heavy atom. The Bertz CT molecular complexity index is 640. The molecule has 1 aromatic carbocycles. The number of hydrogen-bond donors (Lipinski definition) is 0. The molecule has 0 aliphatic carbocycles. The fourth-order valence-corrected chi connectivity index (χ4v) is 2.51. The Morgan fingerprint density at radius 1 is 1.35 bits per heavy atom. The van der Waals surface area contributed by atoms with Crippen molar-refractivity contribution in [1.29, 1.82) is 0 Å². The molecule has 0 bridgehead atoms. The van der Waals surface area contributed by atoms with Crippen LogP contribution >= 0.6 is 22.9 Å². The van der Waals surface area contributed by atoms with Crippen LogP contribution in [0.15, 0.2) is 41.8 Å². The molecule has 0 saturated carbocycles. The highest BCUT2D eigenvalue weighted by molar-refractivity contribution is 7.09. The Morgan fingerprint density at radius 2 is 2.20 bits per heavy atom. The van der Waals surface area contributed by atoms with E-state index in [1.165, 1.54) is 4.88 Å². The first-order chi connectivity index (χ1) is 9.65. The molecule has 20 heavy (non-hydrogen) atoms. The van der Waals surface area contributed by atoms with Gasteiger partial charge in [0.1, 0.15) is 0 Å². The van der Waals surface area contributed by atoms with E-state index in [4.69, 9.17) is 11.6 Å². The first-order valence-electron chi connectivity index (χ1n) is 6.20. The van der Waals surface area contributed by atoms with Crippen molar-refractivity contribution in [3.05, 3.63) is 57.2 Å². The van der Waals surface area contributed by atoms with Crippen LogP contribution in [0.2, 0.25) is 5.02 Å². The van der Waals surface area contributed by atoms with Gasteiger partial charge in [-0.25, -0.2) is 0 Å². The molecule has 2 aromatic rings. The van der Waals surface area contributed by atoms with Gasteiger partial charge in [-0.3, -0.25) is 4.79 Å². The molecule has 0 unspecified atom stereocenters. The standard InChI is InChI=1S/C16H14ClNOS/c1-18(10-9-15-6-3-11-20-15)16(19)8-7-13-4-2-5-14(17)12-13/h2-6,11-12H,9-10H2,1H3. The highest BCUT2D eigenvalue weighted by atomic mass is 35.5. The van der Waals surface area contributed by atoms with E-state index in [-0.39, 0.29) is 5.91 Å². The van der Waals surface area contributed by atoms with Crippen molar-refractivity contribution >= 4 is 28.8 Å². The van der Waals surface area contributed by atoms with Crippen LogP contribution in [-0.4, -0.2) is 24.4 Å². The molecule has 0 radical (unpaired) electrons. The molecular formula is C16H14ClNOS. The molecule has 1 heterocycles. The van der Waals surface area contributed by atoms with Crippen LogP contribution in [0.5, 0.6) is 0 Å². The van der Waals surface area contributed by atoms with Crippen LogP contribution in [0.25, 0.3) is 0 Å². The van der Waals surface area contributed by atoms with E-state index in [1.807, 2.05) is 23.6 Å². The Balaban J connectivity index is 1.91. The van der Waals surface area contributed by atoms with Gasteiger partial charge in [-0.1, -0.05) is 29.7 Å². The molecule has 0 fully saturated rings. The third-order valence-corrected chi connectivity index (χ3v) is 3.93. The van der Waals surface area contributed by atoms with Gasteiger partial charge in [0.05, 0.1) is 0 Å². The van der Waals surface area contributed by atoms with Gasteiger partial charge >= 0.3 is 0 Å². The van der Waals surface area contributed by atoms with E-state index in [0.717, 1.165) is 12.0 Å². The second-order valence-electron chi connectivity index (χ2n) is 4.32. The van der Waals surface area contributed by atoms with Crippen LogP contribution in [0, 0.1) is 11.8 Å². The molecule has 1 aromatic heterocycles. The number of hydrogen-bond acceptors (Lipinski definition) is 2. The average Bonchev–Trinajstić information content (AvgIpc) is 2.95. The zero-order chi connectivity index (χ0) is 14.4. The third kappa shape index (κ3) is 4.41. The van der Waals surface area contributed by atoms with Gasteiger partial charge in [0.15, 0.2) is 0 Å². The number of halogens is 1. The van der Waals surface area contributed by atoms with E-state index >= 15 is 0 Å². The van der Waals surface area contributed by atoms with Gasteiger partial charge in [-0.05, 0) is 36.1 Å². The summed E-state index contributed by atoms with van der Waals surface area (Å²) in [4.78, 5) is 14.8. The molecule has 1 amide bonds. The molecule has 0 aliphatic rings. The van der Waals surface area contributed by atoms with Crippen molar-refractivity contribution in [3.8, 4) is 11.8 Å².